The Morgan fingerprint density at radius 2 is 1.63 bits per heavy atom. The van der Waals surface area contributed by atoms with E-state index in [2.05, 4.69) is 25.7 Å². The Balaban J connectivity index is 1.77. The number of nitrogens with two attached hydrogens (primary N) is 1. The number of rotatable bonds is 11. The Morgan fingerprint density at radius 1 is 1.00 bits per heavy atom. The van der Waals surface area contributed by atoms with E-state index in [-0.39, 0.29) is 53.5 Å². The number of aromatic nitrogens is 1. The molecule has 1 aliphatic rings. The Kier molecular flexibility index (Phi) is 9.03. The van der Waals surface area contributed by atoms with Crippen molar-refractivity contribution in [1.29, 1.82) is 0 Å². The van der Waals surface area contributed by atoms with Crippen LogP contribution in [0.25, 0.3) is 10.8 Å². The molecule has 10 heteroatoms. The van der Waals surface area contributed by atoms with E-state index in [4.69, 9.17) is 29.4 Å². The third-order valence-electron chi connectivity index (χ3n) is 7.55. The van der Waals surface area contributed by atoms with Crippen LogP contribution in [0.15, 0.2) is 24.4 Å². The quantitative estimate of drug-likeness (QED) is 0.314. The van der Waals surface area contributed by atoms with Crippen LogP contribution in [0, 0.1) is 5.82 Å². The van der Waals surface area contributed by atoms with Gasteiger partial charge in [-0.15, -0.1) is 0 Å². The van der Waals surface area contributed by atoms with Gasteiger partial charge in [0.25, 0.3) is 0 Å². The summed E-state index contributed by atoms with van der Waals surface area (Å²) in [6.07, 6.45) is 1.44. The van der Waals surface area contributed by atoms with Crippen molar-refractivity contribution in [2.45, 2.75) is 58.8 Å². The first-order valence-electron chi connectivity index (χ1n) is 13.9. The summed E-state index contributed by atoms with van der Waals surface area (Å²) in [5, 5.41) is 0.725. The summed E-state index contributed by atoms with van der Waals surface area (Å²) in [6.45, 7) is 11.5. The number of nitrogen functional groups attached to an aromatic ring is 1. The molecule has 224 valence electrons. The number of ketones is 1. The summed E-state index contributed by atoms with van der Waals surface area (Å²) in [5.74, 6) is 0.389. The van der Waals surface area contributed by atoms with Crippen LogP contribution < -0.4 is 24.8 Å². The zero-order chi connectivity index (χ0) is 30.1. The van der Waals surface area contributed by atoms with Gasteiger partial charge in [-0.25, -0.2) is 4.39 Å². The molecule has 0 amide bonds. The molecule has 9 nitrogen and oxygen atoms in total. The van der Waals surface area contributed by atoms with Gasteiger partial charge < -0.3 is 38.9 Å². The maximum Gasteiger partial charge on any atom is 0.197 e. The molecule has 2 N–H and O–H groups in total. The van der Waals surface area contributed by atoms with Crippen LogP contribution in [0.5, 0.6) is 17.2 Å². The Labute approximate surface area is 241 Å². The van der Waals surface area contributed by atoms with Crippen molar-refractivity contribution in [3.63, 3.8) is 0 Å². The molecule has 0 aliphatic carbocycles. The minimum atomic E-state index is -0.604. The molecule has 0 unspecified atom stereocenters. The molecule has 0 spiro atoms. The predicted molar refractivity (Wildman–Crippen MR) is 158 cm³/mol. The van der Waals surface area contributed by atoms with Crippen molar-refractivity contribution in [2.75, 3.05) is 58.3 Å². The van der Waals surface area contributed by atoms with E-state index >= 15 is 4.39 Å². The van der Waals surface area contributed by atoms with Crippen LogP contribution in [-0.2, 0) is 21.4 Å². The molecule has 3 aromatic rings. The molecule has 2 atom stereocenters. The molecule has 2 heterocycles. The molecule has 4 rings (SSSR count). The minimum absolute atomic E-state index is 0.0154. The van der Waals surface area contributed by atoms with Crippen molar-refractivity contribution in [3.05, 3.63) is 41.3 Å². The van der Waals surface area contributed by atoms with E-state index in [1.165, 1.54) is 0 Å². The monoisotopic (exact) mass is 571 g/mol. The van der Waals surface area contributed by atoms with Gasteiger partial charge in [-0.2, -0.15) is 0 Å². The van der Waals surface area contributed by atoms with Crippen molar-refractivity contribution in [2.24, 2.45) is 0 Å². The van der Waals surface area contributed by atoms with E-state index in [0.717, 1.165) is 11.3 Å². The molecule has 0 saturated carbocycles. The normalized spacial score (nSPS) is 17.3. The second kappa shape index (κ2) is 12.2. The number of benzene rings is 2. The number of ether oxygens (including phenoxy) is 5. The Bertz CT molecular complexity index is 1400. The zero-order valence-electron chi connectivity index (χ0n) is 25.3. The van der Waals surface area contributed by atoms with Gasteiger partial charge in [0.2, 0.25) is 0 Å². The molecule has 2 aromatic carbocycles. The molecule has 1 fully saturated rings. The van der Waals surface area contributed by atoms with Crippen LogP contribution >= 0.6 is 0 Å². The first-order valence-corrected chi connectivity index (χ1v) is 13.9. The number of carbonyl (C=O) groups is 1. The van der Waals surface area contributed by atoms with Gasteiger partial charge in [0, 0.05) is 50.0 Å². The van der Waals surface area contributed by atoms with Crippen molar-refractivity contribution < 1.29 is 32.9 Å². The summed E-state index contributed by atoms with van der Waals surface area (Å²) in [5.41, 5.74) is 8.29. The van der Waals surface area contributed by atoms with Crippen LogP contribution in [0.1, 0.15) is 50.5 Å². The summed E-state index contributed by atoms with van der Waals surface area (Å²) < 4.78 is 45.5. The maximum absolute atomic E-state index is 15.6. The van der Waals surface area contributed by atoms with Gasteiger partial charge in [0.15, 0.2) is 23.1 Å². The van der Waals surface area contributed by atoms with Crippen molar-refractivity contribution in [3.8, 4) is 17.2 Å². The highest BCUT2D eigenvalue weighted by Gasteiger charge is 2.36. The van der Waals surface area contributed by atoms with Gasteiger partial charge in [-0.3, -0.25) is 4.79 Å². The number of methoxy groups -OCH3 is 3. The number of halogens is 1. The molecule has 1 aliphatic heterocycles. The molecule has 1 saturated heterocycles. The van der Waals surface area contributed by atoms with Gasteiger partial charge in [0.1, 0.15) is 23.8 Å². The number of nitrogens with zero attached hydrogens (tertiary/aromatic N) is 2. The lowest BCUT2D eigenvalue weighted by atomic mass is 9.84. The average molecular weight is 572 g/mol. The maximum atomic E-state index is 15.6. The SMILES string of the molecule is CCOc1cc2cn(CC(=O)c3cc(N4C[C@H](OC)[C@@H](OC)C4)c(OC)c(C(C)(C)C)c3)c(N)c2c(F)c1OCC. The Hall–Kier alpha value is -3.50. The van der Waals surface area contributed by atoms with E-state index in [1.807, 2.05) is 19.1 Å². The van der Waals surface area contributed by atoms with Gasteiger partial charge in [-0.05, 0) is 37.5 Å². The van der Waals surface area contributed by atoms with Gasteiger partial charge >= 0.3 is 0 Å². The second-order valence-electron chi connectivity index (χ2n) is 11.2. The van der Waals surface area contributed by atoms with Crippen molar-refractivity contribution in [1.82, 2.24) is 4.57 Å². The molecule has 0 bridgehead atoms. The molecule has 41 heavy (non-hydrogen) atoms. The summed E-state index contributed by atoms with van der Waals surface area (Å²) in [6, 6.07) is 5.42. The van der Waals surface area contributed by atoms with Crippen LogP contribution in [0.3, 0.4) is 0 Å². The third-order valence-corrected chi connectivity index (χ3v) is 7.55. The fourth-order valence-corrected chi connectivity index (χ4v) is 5.46. The highest BCUT2D eigenvalue weighted by Crippen LogP contribution is 2.43. The fraction of sp³-hybridized carbons (Fsp3) is 0.516. The van der Waals surface area contributed by atoms with E-state index < -0.39 is 5.82 Å². The standard InChI is InChI=1S/C31H42FN3O6/c1-9-40-23-13-19-14-35(30(33)26(19)27(32)29(23)41-10-2)15-22(36)18-11-20(31(3,4)5)28(39-8)21(12-18)34-16-24(37-6)25(17-34)38-7/h11-14,24-25H,9-10,15-17,33H2,1-8H3/t24-,25-/m0/s1. The molecular formula is C31H42FN3O6. The summed E-state index contributed by atoms with van der Waals surface area (Å²) in [4.78, 5) is 16.0. The molecule has 1 aromatic heterocycles. The summed E-state index contributed by atoms with van der Waals surface area (Å²) in [7, 11) is 4.97. The first kappa shape index (κ1) is 30.5. The minimum Gasteiger partial charge on any atom is -0.494 e. The average Bonchev–Trinajstić information content (AvgIpc) is 3.50. The van der Waals surface area contributed by atoms with E-state index in [1.54, 1.807) is 45.1 Å². The Morgan fingerprint density at radius 3 is 2.17 bits per heavy atom. The lowest BCUT2D eigenvalue weighted by Crippen LogP contribution is -2.27. The highest BCUT2D eigenvalue weighted by atomic mass is 19.1. The zero-order valence-corrected chi connectivity index (χ0v) is 25.3. The lowest BCUT2D eigenvalue weighted by molar-refractivity contribution is -0.00461. The fourth-order valence-electron chi connectivity index (χ4n) is 5.46. The number of fused-ring (bicyclic) bond motifs is 1. The van der Waals surface area contributed by atoms with Crippen molar-refractivity contribution >= 4 is 28.1 Å². The first-order chi connectivity index (χ1) is 19.5. The number of anilines is 2. The van der Waals surface area contributed by atoms with E-state index in [0.29, 0.717) is 42.1 Å². The van der Waals surface area contributed by atoms with Gasteiger partial charge in [0.05, 0.1) is 37.9 Å². The lowest BCUT2D eigenvalue weighted by Gasteiger charge is -2.29. The number of hydrogen-bond acceptors (Lipinski definition) is 8. The number of hydrogen-bond donors (Lipinski definition) is 1. The third kappa shape index (κ3) is 5.81. The van der Waals surface area contributed by atoms with Crippen LogP contribution in [-0.4, -0.2) is 70.2 Å². The number of Topliss-reactive ketones (excluding diaryl/α,β-unsaturated/α-hetero) is 1. The number of carbonyl (C=O) groups excluding carboxylic acids is 1. The van der Waals surface area contributed by atoms with Gasteiger partial charge in [-0.1, -0.05) is 20.8 Å². The topological polar surface area (TPSA) is 97.4 Å². The van der Waals surface area contributed by atoms with Crippen LogP contribution in [0.4, 0.5) is 15.9 Å². The highest BCUT2D eigenvalue weighted by molar-refractivity contribution is 6.00. The summed E-state index contributed by atoms with van der Waals surface area (Å²) >= 11 is 0. The van der Waals surface area contributed by atoms with E-state index in [9.17, 15) is 4.79 Å². The largest absolute Gasteiger partial charge is 0.494 e. The van der Waals surface area contributed by atoms with Crippen LogP contribution in [0.2, 0.25) is 0 Å². The molecular weight excluding hydrogens is 529 g/mol. The smallest absolute Gasteiger partial charge is 0.197 e. The second-order valence-corrected chi connectivity index (χ2v) is 11.2. The molecule has 0 radical (unpaired) electrons. The predicted octanol–water partition coefficient (Wildman–Crippen LogP) is 5.20.